The number of benzene rings is 1. The van der Waals surface area contributed by atoms with Crippen LogP contribution in [0.1, 0.15) is 12.5 Å². The molecule has 0 unspecified atom stereocenters. The lowest BCUT2D eigenvalue weighted by molar-refractivity contribution is -0.141. The van der Waals surface area contributed by atoms with Crippen molar-refractivity contribution >= 4 is 11.7 Å². The molecule has 0 spiro atoms. The van der Waals surface area contributed by atoms with Crippen LogP contribution < -0.4 is 0 Å². The van der Waals surface area contributed by atoms with Crippen LogP contribution in [0, 0.1) is 0 Å². The molecule has 0 aliphatic rings. The topological polar surface area (TPSA) is 62.7 Å². The van der Waals surface area contributed by atoms with Gasteiger partial charge in [-0.1, -0.05) is 36.9 Å². The van der Waals surface area contributed by atoms with Crippen molar-refractivity contribution in [1.29, 1.82) is 0 Å². The predicted octanol–water partition coefficient (Wildman–Crippen LogP) is 1.98. The second kappa shape index (κ2) is 5.63. The molecule has 0 aliphatic heterocycles. The van der Waals surface area contributed by atoms with Gasteiger partial charge in [-0.25, -0.2) is 4.79 Å². The van der Waals surface area contributed by atoms with Gasteiger partial charge in [-0.2, -0.15) is 4.79 Å². The summed E-state index contributed by atoms with van der Waals surface area (Å²) in [4.78, 5) is 14.3. The number of esters is 1. The predicted molar refractivity (Wildman–Crippen MR) is 59.7 cm³/mol. The lowest BCUT2D eigenvalue weighted by Gasteiger charge is -2.01. The van der Waals surface area contributed by atoms with Crippen LogP contribution in [0.4, 0.5) is 0 Å². The number of hydrogen-bond donors (Lipinski definition) is 0. The van der Waals surface area contributed by atoms with Crippen LogP contribution in [-0.4, -0.2) is 16.5 Å². The van der Waals surface area contributed by atoms with Gasteiger partial charge in [-0.05, 0) is 12.5 Å². The van der Waals surface area contributed by atoms with Crippen molar-refractivity contribution in [2.75, 3.05) is 0 Å². The monoisotopic (exact) mass is 216 g/mol. The average molecular weight is 216 g/mol. The van der Waals surface area contributed by atoms with Crippen LogP contribution in [-0.2, 0) is 16.1 Å². The zero-order valence-corrected chi connectivity index (χ0v) is 9.01. The third kappa shape index (κ3) is 3.19. The Labute approximate surface area is 93.8 Å². The first-order chi connectivity index (χ1) is 7.65. The van der Waals surface area contributed by atoms with Gasteiger partial charge in [0.25, 0.3) is 0 Å². The van der Waals surface area contributed by atoms with Crippen LogP contribution in [0.5, 0.6) is 0 Å². The zero-order chi connectivity index (χ0) is 12.0. The van der Waals surface area contributed by atoms with Gasteiger partial charge in [0.05, 0.1) is 0 Å². The standard InChI is InChI=1S/C12H12N2O2/c1-9(2)11(14-13)12(15)16-8-10-6-4-3-5-7-10/h3-7H,1,8H2,2H3. The molecule has 1 aromatic carbocycles. The molecule has 4 heteroatoms. The van der Waals surface area contributed by atoms with E-state index in [2.05, 4.69) is 11.4 Å². The molecule has 0 heterocycles. The second-order valence-electron chi connectivity index (χ2n) is 3.29. The van der Waals surface area contributed by atoms with Gasteiger partial charge in [-0.15, -0.1) is 0 Å². The minimum Gasteiger partial charge on any atom is -0.452 e. The molecule has 0 bridgehead atoms. The summed E-state index contributed by atoms with van der Waals surface area (Å²) in [6, 6.07) is 9.25. The highest BCUT2D eigenvalue weighted by Crippen LogP contribution is 2.02. The summed E-state index contributed by atoms with van der Waals surface area (Å²) in [5, 5.41) is 0. The Morgan fingerprint density at radius 3 is 2.56 bits per heavy atom. The smallest absolute Gasteiger partial charge is 0.422 e. The van der Waals surface area contributed by atoms with Crippen molar-refractivity contribution in [2.24, 2.45) is 0 Å². The first-order valence-corrected chi connectivity index (χ1v) is 4.74. The van der Waals surface area contributed by atoms with Crippen molar-refractivity contribution < 1.29 is 14.3 Å². The normalized spacial score (nSPS) is 9.06. The summed E-state index contributed by atoms with van der Waals surface area (Å²) in [6.45, 7) is 5.22. The van der Waals surface area contributed by atoms with Crippen molar-refractivity contribution in [3.8, 4) is 0 Å². The summed E-state index contributed by atoms with van der Waals surface area (Å²) in [6.07, 6.45) is 0. The molecule has 0 radical (unpaired) electrons. The number of nitrogens with zero attached hydrogens (tertiary/aromatic N) is 2. The highest BCUT2D eigenvalue weighted by atomic mass is 16.5. The Balaban J connectivity index is 2.60. The lowest BCUT2D eigenvalue weighted by Crippen LogP contribution is -2.19. The first-order valence-electron chi connectivity index (χ1n) is 4.74. The fourth-order valence-corrected chi connectivity index (χ4v) is 1.09. The molecule has 0 saturated heterocycles. The average Bonchev–Trinajstić information content (AvgIpc) is 2.28. The fraction of sp³-hybridized carbons (Fsp3) is 0.167. The fourth-order valence-electron chi connectivity index (χ4n) is 1.09. The molecule has 0 fully saturated rings. The van der Waals surface area contributed by atoms with E-state index in [0.29, 0.717) is 5.57 Å². The molecule has 0 N–H and O–H groups in total. The van der Waals surface area contributed by atoms with Gasteiger partial charge >= 0.3 is 11.7 Å². The van der Waals surface area contributed by atoms with E-state index in [9.17, 15) is 4.79 Å². The second-order valence-corrected chi connectivity index (χ2v) is 3.29. The molecule has 0 atom stereocenters. The maximum atomic E-state index is 11.4. The molecule has 0 amide bonds. The SMILES string of the molecule is C=C(C)C(=[N+]=[N-])C(=O)OCc1ccccc1. The molecule has 0 aliphatic carbocycles. The van der Waals surface area contributed by atoms with E-state index in [4.69, 9.17) is 10.3 Å². The Bertz CT molecular complexity index is 445. The summed E-state index contributed by atoms with van der Waals surface area (Å²) >= 11 is 0. The van der Waals surface area contributed by atoms with E-state index in [1.54, 1.807) is 6.92 Å². The van der Waals surface area contributed by atoms with Crippen LogP contribution in [0.3, 0.4) is 0 Å². The maximum Gasteiger partial charge on any atom is 0.422 e. The van der Waals surface area contributed by atoms with E-state index in [1.165, 1.54) is 0 Å². The molecule has 1 aromatic rings. The van der Waals surface area contributed by atoms with E-state index in [1.807, 2.05) is 30.3 Å². The van der Waals surface area contributed by atoms with E-state index < -0.39 is 5.97 Å². The Morgan fingerprint density at radius 1 is 1.44 bits per heavy atom. The largest absolute Gasteiger partial charge is 0.452 e. The van der Waals surface area contributed by atoms with Gasteiger partial charge in [0.1, 0.15) is 6.61 Å². The van der Waals surface area contributed by atoms with Crippen LogP contribution >= 0.6 is 0 Å². The number of ether oxygens (including phenoxy) is 1. The minimum absolute atomic E-state index is 0.145. The molecule has 16 heavy (non-hydrogen) atoms. The van der Waals surface area contributed by atoms with Crippen molar-refractivity contribution in [1.82, 2.24) is 0 Å². The highest BCUT2D eigenvalue weighted by Gasteiger charge is 2.22. The van der Waals surface area contributed by atoms with Crippen LogP contribution in [0.15, 0.2) is 42.5 Å². The number of carbonyl (C=O) groups excluding carboxylic acids is 1. The van der Waals surface area contributed by atoms with Crippen molar-refractivity contribution in [3.05, 3.63) is 53.6 Å². The molecule has 0 aromatic heterocycles. The third-order valence-corrected chi connectivity index (χ3v) is 1.91. The molecule has 0 saturated carbocycles. The maximum absolute atomic E-state index is 11.4. The number of hydrogen-bond acceptors (Lipinski definition) is 2. The summed E-state index contributed by atoms with van der Waals surface area (Å²) in [5.74, 6) is -0.682. The van der Waals surface area contributed by atoms with Crippen molar-refractivity contribution in [3.63, 3.8) is 0 Å². The first kappa shape index (κ1) is 11.9. The van der Waals surface area contributed by atoms with E-state index in [-0.39, 0.29) is 12.3 Å². The Hall–Kier alpha value is -2.19. The van der Waals surface area contributed by atoms with Crippen molar-refractivity contribution in [2.45, 2.75) is 13.5 Å². The quantitative estimate of drug-likeness (QED) is 0.334. The van der Waals surface area contributed by atoms with Crippen LogP contribution in [0.2, 0.25) is 0 Å². The molecular weight excluding hydrogens is 204 g/mol. The number of rotatable bonds is 4. The molecular formula is C12H12N2O2. The zero-order valence-electron chi connectivity index (χ0n) is 9.01. The number of carbonyl (C=O) groups is 1. The Morgan fingerprint density at radius 2 is 2.06 bits per heavy atom. The van der Waals surface area contributed by atoms with Gasteiger partial charge in [0.2, 0.25) is 0 Å². The molecule has 1 rings (SSSR count). The third-order valence-electron chi connectivity index (χ3n) is 1.91. The minimum atomic E-state index is -0.682. The van der Waals surface area contributed by atoms with E-state index in [0.717, 1.165) is 5.56 Å². The molecule has 82 valence electrons. The van der Waals surface area contributed by atoms with Gasteiger partial charge in [0.15, 0.2) is 0 Å². The summed E-state index contributed by atoms with van der Waals surface area (Å²) in [7, 11) is 0. The lowest BCUT2D eigenvalue weighted by atomic mass is 10.2. The van der Waals surface area contributed by atoms with Gasteiger partial charge in [-0.3, -0.25) is 0 Å². The van der Waals surface area contributed by atoms with Gasteiger partial charge < -0.3 is 10.3 Å². The van der Waals surface area contributed by atoms with Crippen LogP contribution in [0.25, 0.3) is 5.53 Å². The molecule has 4 nitrogen and oxygen atoms in total. The Kier molecular flexibility index (Phi) is 4.18. The summed E-state index contributed by atoms with van der Waals surface area (Å²) in [5.41, 5.74) is 9.67. The van der Waals surface area contributed by atoms with Gasteiger partial charge in [0, 0.05) is 5.57 Å². The van der Waals surface area contributed by atoms with E-state index >= 15 is 0 Å². The summed E-state index contributed by atoms with van der Waals surface area (Å²) < 4.78 is 4.95. The highest BCUT2D eigenvalue weighted by molar-refractivity contribution is 6.40.